The van der Waals surface area contributed by atoms with Gasteiger partial charge in [0.05, 0.1) is 5.69 Å². The first-order chi connectivity index (χ1) is 6.93. The summed E-state index contributed by atoms with van der Waals surface area (Å²) in [6, 6.07) is 0. The summed E-state index contributed by atoms with van der Waals surface area (Å²) in [4.78, 5) is 21.3. The Bertz CT molecular complexity index is 362. The van der Waals surface area contributed by atoms with Gasteiger partial charge in [0.1, 0.15) is 5.76 Å². The highest BCUT2D eigenvalue weighted by Crippen LogP contribution is 2.17. The normalized spacial score (nSPS) is 10.6. The van der Waals surface area contributed by atoms with Crippen LogP contribution >= 0.6 is 0 Å². The minimum absolute atomic E-state index is 0.105. The van der Waals surface area contributed by atoms with Crippen LogP contribution in [-0.2, 0) is 16.0 Å². The molecule has 0 spiro atoms. The van der Waals surface area contributed by atoms with Gasteiger partial charge in [-0.25, -0.2) is 0 Å². The number of carboxylic acids is 2. The van der Waals surface area contributed by atoms with Gasteiger partial charge in [-0.3, -0.25) is 9.59 Å². The molecular weight excluding hydrogens is 202 g/mol. The standard InChI is InChI=1S/C9H11NO5/c1-4-6(5(2)15-10-4)3-7(8(11)12)9(13)14/h7H,3H2,1-2H3,(H,11,12)(H,13,14). The Morgan fingerprint density at radius 2 is 1.87 bits per heavy atom. The average Bonchev–Trinajstić information content (AvgIpc) is 2.42. The number of hydrogen-bond donors (Lipinski definition) is 2. The fourth-order valence-electron chi connectivity index (χ4n) is 1.28. The molecule has 1 heterocycles. The van der Waals surface area contributed by atoms with Crippen LogP contribution in [0, 0.1) is 19.8 Å². The Balaban J connectivity index is 2.93. The van der Waals surface area contributed by atoms with Crippen molar-refractivity contribution in [2.24, 2.45) is 5.92 Å². The number of carbonyl (C=O) groups is 2. The first-order valence-corrected chi connectivity index (χ1v) is 4.30. The van der Waals surface area contributed by atoms with E-state index in [2.05, 4.69) is 5.16 Å². The summed E-state index contributed by atoms with van der Waals surface area (Å²) in [5, 5.41) is 21.0. The van der Waals surface area contributed by atoms with Gasteiger partial charge in [0, 0.05) is 12.0 Å². The fraction of sp³-hybridized carbons (Fsp3) is 0.444. The molecule has 6 nitrogen and oxygen atoms in total. The molecule has 0 aliphatic rings. The van der Waals surface area contributed by atoms with Crippen LogP contribution in [0.4, 0.5) is 0 Å². The number of rotatable bonds is 4. The lowest BCUT2D eigenvalue weighted by molar-refractivity contribution is -0.154. The van der Waals surface area contributed by atoms with E-state index < -0.39 is 17.9 Å². The Morgan fingerprint density at radius 1 is 1.33 bits per heavy atom. The van der Waals surface area contributed by atoms with E-state index in [1.807, 2.05) is 0 Å². The number of carboxylic acid groups (broad SMARTS) is 2. The number of aliphatic carboxylic acids is 2. The van der Waals surface area contributed by atoms with Crippen LogP contribution in [0.3, 0.4) is 0 Å². The molecule has 1 aromatic heterocycles. The molecule has 0 radical (unpaired) electrons. The molecule has 0 fully saturated rings. The topological polar surface area (TPSA) is 101 Å². The van der Waals surface area contributed by atoms with Crippen molar-refractivity contribution in [3.8, 4) is 0 Å². The summed E-state index contributed by atoms with van der Waals surface area (Å²) < 4.78 is 4.82. The average molecular weight is 213 g/mol. The first kappa shape index (κ1) is 11.2. The minimum Gasteiger partial charge on any atom is -0.481 e. The van der Waals surface area contributed by atoms with Crippen molar-refractivity contribution >= 4 is 11.9 Å². The lowest BCUT2D eigenvalue weighted by Crippen LogP contribution is -2.25. The second-order valence-electron chi connectivity index (χ2n) is 3.24. The zero-order chi connectivity index (χ0) is 11.6. The zero-order valence-corrected chi connectivity index (χ0v) is 8.35. The molecule has 1 rings (SSSR count). The fourth-order valence-corrected chi connectivity index (χ4v) is 1.28. The highest BCUT2D eigenvalue weighted by Gasteiger charge is 2.28. The largest absolute Gasteiger partial charge is 0.481 e. The van der Waals surface area contributed by atoms with Crippen molar-refractivity contribution < 1.29 is 24.3 Å². The lowest BCUT2D eigenvalue weighted by atomic mass is 9.98. The second-order valence-corrected chi connectivity index (χ2v) is 3.24. The van der Waals surface area contributed by atoms with Gasteiger partial charge < -0.3 is 14.7 Å². The van der Waals surface area contributed by atoms with Gasteiger partial charge >= 0.3 is 11.9 Å². The third kappa shape index (κ3) is 2.34. The molecule has 0 bridgehead atoms. The van der Waals surface area contributed by atoms with Crippen LogP contribution < -0.4 is 0 Å². The van der Waals surface area contributed by atoms with Gasteiger partial charge in [-0.2, -0.15) is 0 Å². The number of hydrogen-bond acceptors (Lipinski definition) is 4. The van der Waals surface area contributed by atoms with E-state index in [0.29, 0.717) is 17.0 Å². The number of aryl methyl sites for hydroxylation is 2. The molecule has 6 heteroatoms. The maximum absolute atomic E-state index is 10.7. The molecule has 0 atom stereocenters. The lowest BCUT2D eigenvalue weighted by Gasteiger charge is -2.06. The van der Waals surface area contributed by atoms with E-state index >= 15 is 0 Å². The van der Waals surface area contributed by atoms with E-state index in [1.54, 1.807) is 13.8 Å². The summed E-state index contributed by atoms with van der Waals surface area (Å²) >= 11 is 0. The summed E-state index contributed by atoms with van der Waals surface area (Å²) in [5.74, 6) is -3.72. The number of aromatic nitrogens is 1. The van der Waals surface area contributed by atoms with E-state index in [4.69, 9.17) is 14.7 Å². The van der Waals surface area contributed by atoms with E-state index in [-0.39, 0.29) is 6.42 Å². The predicted octanol–water partition coefficient (Wildman–Crippen LogP) is 0.619. The second kappa shape index (κ2) is 4.12. The van der Waals surface area contributed by atoms with Crippen molar-refractivity contribution in [2.45, 2.75) is 20.3 Å². The summed E-state index contributed by atoms with van der Waals surface area (Å²) in [6.45, 7) is 3.27. The van der Waals surface area contributed by atoms with Crippen molar-refractivity contribution in [1.82, 2.24) is 5.16 Å². The molecule has 1 aromatic rings. The van der Waals surface area contributed by atoms with Crippen LogP contribution in [0.25, 0.3) is 0 Å². The Morgan fingerprint density at radius 3 is 2.20 bits per heavy atom. The molecule has 0 saturated heterocycles. The molecule has 2 N–H and O–H groups in total. The van der Waals surface area contributed by atoms with Crippen LogP contribution in [0.2, 0.25) is 0 Å². The van der Waals surface area contributed by atoms with E-state index in [9.17, 15) is 9.59 Å². The molecule has 15 heavy (non-hydrogen) atoms. The van der Waals surface area contributed by atoms with Gasteiger partial charge in [-0.15, -0.1) is 0 Å². The minimum atomic E-state index is -1.46. The van der Waals surface area contributed by atoms with E-state index in [0.717, 1.165) is 0 Å². The summed E-state index contributed by atoms with van der Waals surface area (Å²) in [5.41, 5.74) is 1.07. The van der Waals surface area contributed by atoms with E-state index in [1.165, 1.54) is 0 Å². The van der Waals surface area contributed by atoms with Crippen molar-refractivity contribution in [2.75, 3.05) is 0 Å². The molecule has 0 aliphatic heterocycles. The van der Waals surface area contributed by atoms with Crippen molar-refractivity contribution in [3.05, 3.63) is 17.0 Å². The van der Waals surface area contributed by atoms with Crippen LogP contribution in [0.5, 0.6) is 0 Å². The quantitative estimate of drug-likeness (QED) is 0.711. The highest BCUT2D eigenvalue weighted by molar-refractivity contribution is 5.93. The monoisotopic (exact) mass is 213 g/mol. The maximum atomic E-state index is 10.7. The smallest absolute Gasteiger partial charge is 0.318 e. The molecule has 0 saturated carbocycles. The zero-order valence-electron chi connectivity index (χ0n) is 8.35. The van der Waals surface area contributed by atoms with Crippen LogP contribution in [0.1, 0.15) is 17.0 Å². The molecular formula is C9H11NO5. The summed E-state index contributed by atoms with van der Waals surface area (Å²) in [7, 11) is 0. The Labute approximate surface area is 85.5 Å². The molecule has 0 unspecified atom stereocenters. The van der Waals surface area contributed by atoms with Crippen molar-refractivity contribution in [1.29, 1.82) is 0 Å². The molecule has 0 aromatic carbocycles. The molecule has 0 aliphatic carbocycles. The third-order valence-electron chi connectivity index (χ3n) is 2.19. The van der Waals surface area contributed by atoms with Gasteiger partial charge in [0.15, 0.2) is 5.92 Å². The predicted molar refractivity (Wildman–Crippen MR) is 48.4 cm³/mol. The SMILES string of the molecule is Cc1noc(C)c1CC(C(=O)O)C(=O)O. The molecule has 82 valence electrons. The maximum Gasteiger partial charge on any atom is 0.318 e. The Hall–Kier alpha value is -1.85. The Kier molecular flexibility index (Phi) is 3.08. The summed E-state index contributed by atoms with van der Waals surface area (Å²) in [6.07, 6.45) is -0.105. The third-order valence-corrected chi connectivity index (χ3v) is 2.19. The van der Waals surface area contributed by atoms with Gasteiger partial charge in [-0.1, -0.05) is 5.16 Å². The first-order valence-electron chi connectivity index (χ1n) is 4.30. The van der Waals surface area contributed by atoms with Gasteiger partial charge in [-0.05, 0) is 13.8 Å². The number of nitrogens with zero attached hydrogens (tertiary/aromatic N) is 1. The highest BCUT2D eigenvalue weighted by atomic mass is 16.5. The van der Waals surface area contributed by atoms with Crippen molar-refractivity contribution in [3.63, 3.8) is 0 Å². The molecule has 0 amide bonds. The van der Waals surface area contributed by atoms with Crippen LogP contribution in [-0.4, -0.2) is 27.3 Å². The van der Waals surface area contributed by atoms with Crippen LogP contribution in [0.15, 0.2) is 4.52 Å². The van der Waals surface area contributed by atoms with Gasteiger partial charge in [0.25, 0.3) is 0 Å². The van der Waals surface area contributed by atoms with Gasteiger partial charge in [0.2, 0.25) is 0 Å².